The third-order valence-corrected chi connectivity index (χ3v) is 6.79. The van der Waals surface area contributed by atoms with Crippen LogP contribution in [0.2, 0.25) is 0 Å². The van der Waals surface area contributed by atoms with E-state index in [1.54, 1.807) is 11.2 Å². The molecule has 6 heteroatoms. The van der Waals surface area contributed by atoms with Crippen LogP contribution in [-0.2, 0) is 4.79 Å². The smallest absolute Gasteiger partial charge is 0.327 e. The van der Waals surface area contributed by atoms with Crippen LogP contribution in [0.3, 0.4) is 0 Å². The molecule has 0 bridgehead atoms. The number of urea groups is 1. The summed E-state index contributed by atoms with van der Waals surface area (Å²) in [5.41, 5.74) is 4.48. The number of rotatable bonds is 3. The zero-order valence-corrected chi connectivity index (χ0v) is 19.6. The minimum absolute atomic E-state index is 0.00400. The molecule has 2 atom stereocenters. The number of furan rings is 1. The lowest BCUT2D eigenvalue weighted by molar-refractivity contribution is -0.116. The Hall–Kier alpha value is -4.58. The Balaban J connectivity index is 1.52. The van der Waals surface area contributed by atoms with Gasteiger partial charge in [-0.15, -0.1) is 0 Å². The maximum absolute atomic E-state index is 13.9. The lowest BCUT2D eigenvalue weighted by Gasteiger charge is -2.34. The molecule has 6 nitrogen and oxygen atoms in total. The number of carbonyl (C=O) groups excluding carboxylic acids is 2. The van der Waals surface area contributed by atoms with Gasteiger partial charge in [0.25, 0.3) is 0 Å². The number of hydrogen-bond acceptors (Lipinski definition) is 4. The molecule has 0 radical (unpaired) electrons. The van der Waals surface area contributed by atoms with Crippen LogP contribution >= 0.6 is 0 Å². The highest BCUT2D eigenvalue weighted by molar-refractivity contribution is 6.09. The van der Waals surface area contributed by atoms with E-state index in [9.17, 15) is 9.59 Å². The van der Waals surface area contributed by atoms with Gasteiger partial charge in [0, 0.05) is 29.3 Å². The second-order valence-electron chi connectivity index (χ2n) is 9.06. The van der Waals surface area contributed by atoms with E-state index in [4.69, 9.17) is 4.42 Å². The second kappa shape index (κ2) is 9.23. The minimum atomic E-state index is -0.592. The van der Waals surface area contributed by atoms with E-state index in [0.29, 0.717) is 29.8 Å². The molecule has 1 aliphatic heterocycles. The maximum atomic E-state index is 13.9. The summed E-state index contributed by atoms with van der Waals surface area (Å²) in [6.07, 6.45) is 2.57. The quantitative estimate of drug-likeness (QED) is 0.338. The predicted molar refractivity (Wildman–Crippen MR) is 140 cm³/mol. The maximum Gasteiger partial charge on any atom is 0.327 e. The Morgan fingerprint density at radius 3 is 2.33 bits per heavy atom. The number of fused-ring (bicyclic) bond motifs is 1. The van der Waals surface area contributed by atoms with Gasteiger partial charge in [-0.3, -0.25) is 9.69 Å². The summed E-state index contributed by atoms with van der Waals surface area (Å²) >= 11 is 0. The molecular formula is C30H25N3O3. The highest BCUT2D eigenvalue weighted by Gasteiger charge is 2.42. The Labute approximate surface area is 209 Å². The molecule has 178 valence electrons. The monoisotopic (exact) mass is 475 g/mol. The van der Waals surface area contributed by atoms with Crippen molar-refractivity contribution in [3.8, 4) is 0 Å². The number of allylic oxidation sites excluding steroid dienone is 1. The highest BCUT2D eigenvalue weighted by Crippen LogP contribution is 2.47. The van der Waals surface area contributed by atoms with Gasteiger partial charge in [0.05, 0.1) is 23.7 Å². The number of anilines is 3. The Kier molecular flexibility index (Phi) is 5.62. The fraction of sp³-hybridized carbons (Fsp3) is 0.133. The molecule has 0 spiro atoms. The third-order valence-electron chi connectivity index (χ3n) is 6.79. The molecule has 0 saturated carbocycles. The molecule has 36 heavy (non-hydrogen) atoms. The van der Waals surface area contributed by atoms with Crippen molar-refractivity contribution in [2.24, 2.45) is 0 Å². The van der Waals surface area contributed by atoms with Crippen LogP contribution in [0.15, 0.2) is 119 Å². The molecule has 6 rings (SSSR count). The number of para-hydroxylation sites is 3. The van der Waals surface area contributed by atoms with E-state index in [1.165, 1.54) is 0 Å². The Morgan fingerprint density at radius 1 is 0.861 bits per heavy atom. The van der Waals surface area contributed by atoms with Gasteiger partial charge in [0.1, 0.15) is 5.76 Å². The minimum Gasteiger partial charge on any atom is -0.469 e. The van der Waals surface area contributed by atoms with Crippen molar-refractivity contribution in [3.05, 3.63) is 126 Å². The van der Waals surface area contributed by atoms with E-state index in [2.05, 4.69) is 10.6 Å². The summed E-state index contributed by atoms with van der Waals surface area (Å²) in [6, 6.07) is 29.7. The van der Waals surface area contributed by atoms with Gasteiger partial charge in [0.15, 0.2) is 5.78 Å². The van der Waals surface area contributed by atoms with Gasteiger partial charge >= 0.3 is 6.03 Å². The van der Waals surface area contributed by atoms with Crippen molar-refractivity contribution < 1.29 is 14.0 Å². The summed E-state index contributed by atoms with van der Waals surface area (Å²) in [6.45, 7) is 0. The summed E-state index contributed by atoms with van der Waals surface area (Å²) in [7, 11) is 0. The zero-order chi connectivity index (χ0) is 24.5. The number of nitrogens with one attached hydrogen (secondary N) is 2. The van der Waals surface area contributed by atoms with Crippen LogP contribution < -0.4 is 15.5 Å². The Bertz CT molecular complexity index is 1430. The number of carbonyl (C=O) groups is 2. The lowest BCUT2D eigenvalue weighted by Crippen LogP contribution is -2.41. The summed E-state index contributed by atoms with van der Waals surface area (Å²) in [5, 5.41) is 6.56. The average molecular weight is 476 g/mol. The highest BCUT2D eigenvalue weighted by atomic mass is 16.3. The zero-order valence-electron chi connectivity index (χ0n) is 19.6. The first-order valence-corrected chi connectivity index (χ1v) is 12.0. The van der Waals surface area contributed by atoms with Gasteiger partial charge < -0.3 is 15.1 Å². The number of benzene rings is 3. The molecule has 1 aromatic heterocycles. The molecule has 1 aliphatic carbocycles. The number of nitrogens with zero attached hydrogens (tertiary/aromatic N) is 1. The van der Waals surface area contributed by atoms with E-state index < -0.39 is 6.04 Å². The van der Waals surface area contributed by atoms with Crippen molar-refractivity contribution in [1.82, 2.24) is 0 Å². The van der Waals surface area contributed by atoms with Gasteiger partial charge in [-0.1, -0.05) is 60.7 Å². The van der Waals surface area contributed by atoms with Crippen molar-refractivity contribution in [1.29, 1.82) is 0 Å². The van der Waals surface area contributed by atoms with Crippen molar-refractivity contribution >= 4 is 28.9 Å². The van der Waals surface area contributed by atoms with Crippen molar-refractivity contribution in [2.45, 2.75) is 24.8 Å². The van der Waals surface area contributed by atoms with E-state index in [0.717, 1.165) is 22.7 Å². The number of ketones is 1. The SMILES string of the molecule is O=C1C[C@H](c2ccco2)CC2=C1[C@H](c1ccccc1)N(C(=O)Nc1ccccc1)c1ccccc1N2. The first-order valence-electron chi connectivity index (χ1n) is 12.0. The number of Topliss-reactive ketones (excluding diaryl/α,β-unsaturated/α-hetero) is 1. The Morgan fingerprint density at radius 2 is 1.58 bits per heavy atom. The molecule has 0 fully saturated rings. The van der Waals surface area contributed by atoms with Gasteiger partial charge in [-0.2, -0.15) is 0 Å². The molecular weight excluding hydrogens is 450 g/mol. The summed E-state index contributed by atoms with van der Waals surface area (Å²) < 4.78 is 5.66. The average Bonchev–Trinajstić information content (AvgIpc) is 3.40. The van der Waals surface area contributed by atoms with Crippen LogP contribution in [0.1, 0.15) is 36.1 Å². The van der Waals surface area contributed by atoms with Gasteiger partial charge in [-0.05, 0) is 48.4 Å². The van der Waals surface area contributed by atoms with Crippen LogP contribution in [0.4, 0.5) is 21.9 Å². The summed E-state index contributed by atoms with van der Waals surface area (Å²) in [5.74, 6) is 0.737. The topological polar surface area (TPSA) is 74.6 Å². The lowest BCUT2D eigenvalue weighted by atomic mass is 9.80. The van der Waals surface area contributed by atoms with E-state index >= 15 is 0 Å². The first kappa shape index (κ1) is 21.9. The van der Waals surface area contributed by atoms with Crippen LogP contribution in [-0.4, -0.2) is 11.8 Å². The van der Waals surface area contributed by atoms with E-state index in [-0.39, 0.29) is 17.7 Å². The van der Waals surface area contributed by atoms with E-state index in [1.807, 2.05) is 97.1 Å². The van der Waals surface area contributed by atoms with Crippen LogP contribution in [0.5, 0.6) is 0 Å². The van der Waals surface area contributed by atoms with Crippen molar-refractivity contribution in [3.63, 3.8) is 0 Å². The molecule has 2 N–H and O–H groups in total. The fourth-order valence-electron chi connectivity index (χ4n) is 5.19. The van der Waals surface area contributed by atoms with Crippen LogP contribution in [0, 0.1) is 0 Å². The molecule has 2 aliphatic rings. The number of amides is 2. The molecule has 2 heterocycles. The number of hydrogen-bond donors (Lipinski definition) is 2. The molecule has 4 aromatic rings. The van der Waals surface area contributed by atoms with Gasteiger partial charge in [0.2, 0.25) is 0 Å². The third kappa shape index (κ3) is 3.96. The first-order chi connectivity index (χ1) is 17.7. The molecule has 2 amide bonds. The molecule has 0 saturated heterocycles. The molecule has 0 unspecified atom stereocenters. The van der Waals surface area contributed by atoms with Crippen LogP contribution in [0.25, 0.3) is 0 Å². The molecule has 3 aromatic carbocycles. The largest absolute Gasteiger partial charge is 0.469 e. The van der Waals surface area contributed by atoms with Crippen molar-refractivity contribution in [2.75, 3.05) is 15.5 Å². The predicted octanol–water partition coefficient (Wildman–Crippen LogP) is 6.89. The second-order valence-corrected chi connectivity index (χ2v) is 9.06. The fourth-order valence-corrected chi connectivity index (χ4v) is 5.19. The standard InChI is InChI=1S/C30H25N3O3/c34-26-19-21(27-16-9-17-36-27)18-24-28(26)29(20-10-3-1-4-11-20)33(25-15-8-7-14-23(25)32-24)30(35)31-22-12-5-2-6-13-22/h1-17,21,29,32H,18-19H2,(H,31,35)/t21-,29+/m1/s1. The van der Waals surface area contributed by atoms with Gasteiger partial charge in [-0.25, -0.2) is 4.79 Å². The summed E-state index contributed by atoms with van der Waals surface area (Å²) in [4.78, 5) is 29.5. The normalized spacial score (nSPS) is 19.1.